The second kappa shape index (κ2) is 11.5. The molecular weight excluding hydrogens is 398 g/mol. The molecular formula is C24H33NO6. The zero-order chi connectivity index (χ0) is 23.0. The number of aryl methyl sites for hydroxylation is 1. The summed E-state index contributed by atoms with van der Waals surface area (Å²) in [6.07, 6.45) is 5.36. The minimum atomic E-state index is -1.07. The van der Waals surface area contributed by atoms with Gasteiger partial charge < -0.3 is 19.6 Å². The fourth-order valence-electron chi connectivity index (χ4n) is 3.56. The molecule has 0 unspecified atom stereocenters. The molecule has 0 saturated heterocycles. The number of ether oxygens (including phenoxy) is 1. The summed E-state index contributed by atoms with van der Waals surface area (Å²) in [6.45, 7) is 7.52. The monoisotopic (exact) mass is 431 g/mol. The van der Waals surface area contributed by atoms with Crippen molar-refractivity contribution >= 4 is 22.8 Å². The van der Waals surface area contributed by atoms with Crippen molar-refractivity contribution in [1.29, 1.82) is 0 Å². The van der Waals surface area contributed by atoms with E-state index in [9.17, 15) is 19.5 Å². The number of fused-ring (bicyclic) bond motifs is 1. The van der Waals surface area contributed by atoms with Gasteiger partial charge in [-0.25, -0.2) is 9.59 Å². The van der Waals surface area contributed by atoms with Crippen molar-refractivity contribution in [2.24, 2.45) is 5.92 Å². The number of hydrogen-bond donors (Lipinski definition) is 2. The molecule has 0 aliphatic heterocycles. The van der Waals surface area contributed by atoms with Gasteiger partial charge in [-0.1, -0.05) is 40.0 Å². The van der Waals surface area contributed by atoms with E-state index in [0.717, 1.165) is 36.6 Å². The van der Waals surface area contributed by atoms with Gasteiger partial charge in [-0.05, 0) is 49.8 Å². The lowest BCUT2D eigenvalue weighted by atomic mass is 10.0. The Labute approximate surface area is 182 Å². The van der Waals surface area contributed by atoms with Gasteiger partial charge in [-0.2, -0.15) is 0 Å². The summed E-state index contributed by atoms with van der Waals surface area (Å²) in [5.41, 5.74) is 1.68. The quantitative estimate of drug-likeness (QED) is 0.385. The van der Waals surface area contributed by atoms with Crippen LogP contribution in [0.4, 0.5) is 0 Å². The second-order valence-electron chi connectivity index (χ2n) is 8.34. The van der Waals surface area contributed by atoms with Crippen molar-refractivity contribution < 1.29 is 23.8 Å². The molecule has 31 heavy (non-hydrogen) atoms. The topological polar surface area (TPSA) is 106 Å². The maximum atomic E-state index is 12.4. The van der Waals surface area contributed by atoms with E-state index in [-0.39, 0.29) is 18.2 Å². The molecule has 0 aliphatic rings. The molecule has 0 radical (unpaired) electrons. The van der Waals surface area contributed by atoms with Crippen LogP contribution >= 0.6 is 0 Å². The number of rotatable bonds is 12. The van der Waals surface area contributed by atoms with E-state index < -0.39 is 17.9 Å². The van der Waals surface area contributed by atoms with E-state index in [1.165, 1.54) is 0 Å². The van der Waals surface area contributed by atoms with Gasteiger partial charge in [0.1, 0.15) is 17.4 Å². The van der Waals surface area contributed by atoms with Gasteiger partial charge in [0.2, 0.25) is 0 Å². The van der Waals surface area contributed by atoms with Crippen LogP contribution in [0.25, 0.3) is 11.0 Å². The fourth-order valence-corrected chi connectivity index (χ4v) is 3.56. The lowest BCUT2D eigenvalue weighted by Gasteiger charge is -2.16. The number of unbranched alkanes of at least 4 members (excludes halogenated alkanes) is 3. The maximum absolute atomic E-state index is 12.4. The average molecular weight is 432 g/mol. The van der Waals surface area contributed by atoms with Gasteiger partial charge in [0.15, 0.2) is 6.61 Å². The highest BCUT2D eigenvalue weighted by atomic mass is 16.5. The van der Waals surface area contributed by atoms with E-state index in [2.05, 4.69) is 12.2 Å². The number of carboxylic acids is 1. The first-order chi connectivity index (χ1) is 14.7. The molecule has 2 aromatic rings. The molecule has 1 atom stereocenters. The van der Waals surface area contributed by atoms with Crippen molar-refractivity contribution in [3.05, 3.63) is 39.7 Å². The smallest absolute Gasteiger partial charge is 0.339 e. The van der Waals surface area contributed by atoms with Gasteiger partial charge in [0, 0.05) is 17.0 Å². The molecule has 0 saturated carbocycles. The Balaban J connectivity index is 2.06. The highest BCUT2D eigenvalue weighted by Crippen LogP contribution is 2.25. The molecule has 0 aliphatic carbocycles. The average Bonchev–Trinajstić information content (AvgIpc) is 2.70. The summed E-state index contributed by atoms with van der Waals surface area (Å²) in [5.74, 6) is -1.09. The number of benzene rings is 1. The Morgan fingerprint density at radius 1 is 1.19 bits per heavy atom. The van der Waals surface area contributed by atoms with Crippen LogP contribution in [0.15, 0.2) is 27.4 Å². The van der Waals surface area contributed by atoms with Crippen molar-refractivity contribution in [2.75, 3.05) is 6.61 Å². The molecule has 2 N–H and O–H groups in total. The molecule has 170 valence electrons. The Kier molecular flexibility index (Phi) is 9.09. The predicted octanol–water partition coefficient (Wildman–Crippen LogP) is 4.22. The van der Waals surface area contributed by atoms with Crippen molar-refractivity contribution in [2.45, 2.75) is 72.3 Å². The SMILES string of the molecule is CCCCCCc1c(C)c2ccc(OCC(=O)N[C@@H](CC(C)C)C(=O)O)cc2oc1=O. The highest BCUT2D eigenvalue weighted by Gasteiger charge is 2.21. The Morgan fingerprint density at radius 3 is 2.58 bits per heavy atom. The first-order valence-corrected chi connectivity index (χ1v) is 10.9. The Hall–Kier alpha value is -2.83. The van der Waals surface area contributed by atoms with Crippen LogP contribution in [-0.2, 0) is 16.0 Å². The van der Waals surface area contributed by atoms with Gasteiger partial charge in [-0.15, -0.1) is 0 Å². The van der Waals surface area contributed by atoms with Crippen LogP contribution in [0, 0.1) is 12.8 Å². The van der Waals surface area contributed by atoms with E-state index in [1.807, 2.05) is 26.8 Å². The van der Waals surface area contributed by atoms with Crippen LogP contribution < -0.4 is 15.7 Å². The Bertz CT molecular complexity index is 962. The standard InChI is InChI=1S/C24H33NO6/c1-5-6-7-8-9-19-16(4)18-11-10-17(13-21(18)31-24(19)29)30-14-22(26)25-20(23(27)28)12-15(2)3/h10-11,13,15,20H,5-9,12,14H2,1-4H3,(H,25,26)(H,27,28)/t20-/m0/s1. The third-order valence-corrected chi connectivity index (χ3v) is 5.25. The zero-order valence-corrected chi connectivity index (χ0v) is 18.8. The van der Waals surface area contributed by atoms with Crippen molar-refractivity contribution in [1.82, 2.24) is 5.32 Å². The number of hydrogen-bond acceptors (Lipinski definition) is 5. The maximum Gasteiger partial charge on any atom is 0.339 e. The summed E-state index contributed by atoms with van der Waals surface area (Å²) < 4.78 is 11.0. The summed E-state index contributed by atoms with van der Waals surface area (Å²) in [7, 11) is 0. The van der Waals surface area contributed by atoms with Crippen molar-refractivity contribution in [3.8, 4) is 5.75 Å². The number of nitrogens with one attached hydrogen (secondary N) is 1. The lowest BCUT2D eigenvalue weighted by molar-refractivity contribution is -0.142. The van der Waals surface area contributed by atoms with Crippen LogP contribution in [0.1, 0.15) is 64.0 Å². The van der Waals surface area contributed by atoms with E-state index in [1.54, 1.807) is 12.1 Å². The highest BCUT2D eigenvalue weighted by molar-refractivity contribution is 5.85. The number of amides is 1. The van der Waals surface area contributed by atoms with Gasteiger partial charge >= 0.3 is 11.6 Å². The van der Waals surface area contributed by atoms with E-state index in [4.69, 9.17) is 9.15 Å². The molecule has 2 rings (SSSR count). The molecule has 1 aromatic carbocycles. The number of aliphatic carboxylic acids is 1. The molecule has 7 nitrogen and oxygen atoms in total. The third-order valence-electron chi connectivity index (χ3n) is 5.25. The first-order valence-electron chi connectivity index (χ1n) is 10.9. The summed E-state index contributed by atoms with van der Waals surface area (Å²) in [4.78, 5) is 35.8. The largest absolute Gasteiger partial charge is 0.484 e. The minimum Gasteiger partial charge on any atom is -0.484 e. The van der Waals surface area contributed by atoms with Crippen molar-refractivity contribution in [3.63, 3.8) is 0 Å². The molecule has 0 bridgehead atoms. The molecule has 1 aromatic heterocycles. The molecule has 7 heteroatoms. The lowest BCUT2D eigenvalue weighted by Crippen LogP contribution is -2.43. The van der Waals surface area contributed by atoms with Crippen LogP contribution in [0.5, 0.6) is 5.75 Å². The molecule has 0 fully saturated rings. The fraction of sp³-hybridized carbons (Fsp3) is 0.542. The number of carboxylic acid groups (broad SMARTS) is 1. The van der Waals surface area contributed by atoms with Crippen LogP contribution in [-0.4, -0.2) is 29.6 Å². The van der Waals surface area contributed by atoms with Gasteiger partial charge in [0.05, 0.1) is 0 Å². The minimum absolute atomic E-state index is 0.130. The second-order valence-corrected chi connectivity index (χ2v) is 8.34. The molecule has 0 spiro atoms. The summed E-state index contributed by atoms with van der Waals surface area (Å²) in [6, 6.07) is 4.16. The molecule has 1 amide bonds. The summed E-state index contributed by atoms with van der Waals surface area (Å²) >= 11 is 0. The molecule has 1 heterocycles. The van der Waals surface area contributed by atoms with Gasteiger partial charge in [-0.3, -0.25) is 4.79 Å². The Morgan fingerprint density at radius 2 is 1.94 bits per heavy atom. The first kappa shape index (κ1) is 24.4. The summed E-state index contributed by atoms with van der Waals surface area (Å²) in [5, 5.41) is 12.5. The zero-order valence-electron chi connectivity index (χ0n) is 18.8. The third kappa shape index (κ3) is 7.12. The van der Waals surface area contributed by atoms with Crippen LogP contribution in [0.3, 0.4) is 0 Å². The number of carbonyl (C=O) groups is 2. The number of carbonyl (C=O) groups excluding carboxylic acids is 1. The van der Waals surface area contributed by atoms with E-state index >= 15 is 0 Å². The van der Waals surface area contributed by atoms with Crippen LogP contribution in [0.2, 0.25) is 0 Å². The van der Waals surface area contributed by atoms with Gasteiger partial charge in [0.25, 0.3) is 5.91 Å². The normalized spacial score (nSPS) is 12.2. The van der Waals surface area contributed by atoms with E-state index in [0.29, 0.717) is 29.7 Å². The predicted molar refractivity (Wildman–Crippen MR) is 120 cm³/mol.